The molecule has 0 saturated carbocycles. The fourth-order valence-electron chi connectivity index (χ4n) is 2.41. The van der Waals surface area contributed by atoms with Crippen LogP contribution in [-0.4, -0.2) is 5.11 Å². The molecule has 0 aliphatic rings. The first-order valence-corrected chi connectivity index (χ1v) is 7.15. The zero-order chi connectivity index (χ0) is 13.9. The quantitative estimate of drug-likeness (QED) is 0.784. The van der Waals surface area contributed by atoms with E-state index in [1.807, 2.05) is 0 Å². The second kappa shape index (κ2) is 6.26. The highest BCUT2D eigenvalue weighted by atomic mass is 16.3. The molecule has 0 bridgehead atoms. The van der Waals surface area contributed by atoms with E-state index in [9.17, 15) is 5.11 Å². The first-order valence-electron chi connectivity index (χ1n) is 7.15. The van der Waals surface area contributed by atoms with Crippen LogP contribution in [-0.2, 0) is 12.8 Å². The summed E-state index contributed by atoms with van der Waals surface area (Å²) in [5, 5.41) is 10.4. The molecule has 0 radical (unpaired) electrons. The molecule has 0 heterocycles. The summed E-state index contributed by atoms with van der Waals surface area (Å²) in [6, 6.07) is 4.38. The van der Waals surface area contributed by atoms with Crippen LogP contribution in [0.15, 0.2) is 12.1 Å². The lowest BCUT2D eigenvalue weighted by Gasteiger charge is -2.17. The third-order valence-electron chi connectivity index (χ3n) is 3.17. The van der Waals surface area contributed by atoms with E-state index in [0.717, 1.165) is 24.0 Å². The zero-order valence-electron chi connectivity index (χ0n) is 12.7. The predicted octanol–water partition coefficient (Wildman–Crippen LogP) is 4.91. The molecule has 0 amide bonds. The van der Waals surface area contributed by atoms with E-state index < -0.39 is 0 Å². The average molecular weight is 248 g/mol. The maximum absolute atomic E-state index is 10.4. The van der Waals surface area contributed by atoms with Gasteiger partial charge in [0.15, 0.2) is 0 Å². The number of benzene rings is 1. The highest BCUT2D eigenvalue weighted by Crippen LogP contribution is 2.32. The van der Waals surface area contributed by atoms with Crippen LogP contribution < -0.4 is 0 Å². The molecule has 0 aromatic heterocycles. The largest absolute Gasteiger partial charge is 0.507 e. The monoisotopic (exact) mass is 248 g/mol. The zero-order valence-corrected chi connectivity index (χ0v) is 12.7. The van der Waals surface area contributed by atoms with Crippen LogP contribution in [0.25, 0.3) is 0 Å². The van der Waals surface area contributed by atoms with Gasteiger partial charge in [0, 0.05) is 0 Å². The molecule has 0 fully saturated rings. The lowest BCUT2D eigenvalue weighted by molar-refractivity contribution is 0.451. The van der Waals surface area contributed by atoms with Gasteiger partial charge in [0.1, 0.15) is 5.75 Å². The molecule has 0 unspecified atom stereocenters. The van der Waals surface area contributed by atoms with Gasteiger partial charge in [-0.05, 0) is 47.3 Å². The molecule has 1 nitrogen and oxygen atoms in total. The molecule has 102 valence electrons. The lowest BCUT2D eigenvalue weighted by Crippen LogP contribution is -2.02. The second-order valence-electron chi connectivity index (χ2n) is 6.54. The fourth-order valence-corrected chi connectivity index (χ4v) is 2.41. The Hall–Kier alpha value is -0.980. The molecule has 0 aliphatic carbocycles. The van der Waals surface area contributed by atoms with E-state index in [1.54, 1.807) is 0 Å². The van der Waals surface area contributed by atoms with Crippen LogP contribution in [0.4, 0.5) is 0 Å². The van der Waals surface area contributed by atoms with Crippen molar-refractivity contribution in [1.82, 2.24) is 0 Å². The lowest BCUT2D eigenvalue weighted by atomic mass is 9.90. The Labute approximate surface area is 112 Å². The smallest absolute Gasteiger partial charge is 0.122 e. The molecule has 0 spiro atoms. The van der Waals surface area contributed by atoms with E-state index in [-0.39, 0.29) is 0 Å². The Kier molecular flexibility index (Phi) is 5.25. The normalized spacial score (nSPS) is 11.8. The van der Waals surface area contributed by atoms with Gasteiger partial charge in [-0.1, -0.05) is 53.7 Å². The van der Waals surface area contributed by atoms with Gasteiger partial charge in [0.05, 0.1) is 0 Å². The van der Waals surface area contributed by atoms with Gasteiger partial charge in [0.25, 0.3) is 0 Å². The Bertz CT molecular complexity index is 389. The van der Waals surface area contributed by atoms with Crippen molar-refractivity contribution in [2.24, 2.45) is 11.8 Å². The van der Waals surface area contributed by atoms with Crippen LogP contribution >= 0.6 is 0 Å². The maximum atomic E-state index is 10.4. The predicted molar refractivity (Wildman–Crippen MR) is 79.3 cm³/mol. The number of hydrogen-bond acceptors (Lipinski definition) is 1. The van der Waals surface area contributed by atoms with Crippen molar-refractivity contribution in [2.45, 2.75) is 60.3 Å². The molecular weight excluding hydrogens is 220 g/mol. The SMILES string of the molecule is CC(C)Cc1cc(CC(C)C)c(O)c(C(C)C)c1. The Morgan fingerprint density at radius 2 is 1.44 bits per heavy atom. The number of rotatable bonds is 5. The molecule has 1 N–H and O–H groups in total. The van der Waals surface area contributed by atoms with E-state index in [1.165, 1.54) is 5.56 Å². The topological polar surface area (TPSA) is 20.2 Å². The summed E-state index contributed by atoms with van der Waals surface area (Å²) in [7, 11) is 0. The first-order chi connectivity index (χ1) is 8.31. The van der Waals surface area contributed by atoms with Gasteiger partial charge in [-0.3, -0.25) is 0 Å². The molecule has 0 saturated heterocycles. The van der Waals surface area contributed by atoms with Crippen LogP contribution in [0.1, 0.15) is 64.2 Å². The van der Waals surface area contributed by atoms with Gasteiger partial charge in [0.2, 0.25) is 0 Å². The average Bonchev–Trinajstić information content (AvgIpc) is 2.20. The summed E-state index contributed by atoms with van der Waals surface area (Å²) in [5.74, 6) is 2.13. The van der Waals surface area contributed by atoms with E-state index >= 15 is 0 Å². The van der Waals surface area contributed by atoms with Gasteiger partial charge in [-0.25, -0.2) is 0 Å². The number of hydrogen-bond donors (Lipinski definition) is 1. The van der Waals surface area contributed by atoms with Crippen molar-refractivity contribution < 1.29 is 5.11 Å². The van der Waals surface area contributed by atoms with E-state index in [0.29, 0.717) is 23.5 Å². The Balaban J connectivity index is 3.18. The minimum Gasteiger partial charge on any atom is -0.507 e. The molecule has 0 aliphatic heterocycles. The highest BCUT2D eigenvalue weighted by Gasteiger charge is 2.14. The van der Waals surface area contributed by atoms with Gasteiger partial charge in [-0.15, -0.1) is 0 Å². The van der Waals surface area contributed by atoms with Crippen molar-refractivity contribution in [2.75, 3.05) is 0 Å². The fraction of sp³-hybridized carbons (Fsp3) is 0.647. The Morgan fingerprint density at radius 3 is 1.89 bits per heavy atom. The van der Waals surface area contributed by atoms with Gasteiger partial charge >= 0.3 is 0 Å². The molecule has 1 heteroatoms. The second-order valence-corrected chi connectivity index (χ2v) is 6.54. The number of phenols is 1. The molecule has 18 heavy (non-hydrogen) atoms. The maximum Gasteiger partial charge on any atom is 0.122 e. The van der Waals surface area contributed by atoms with Crippen LogP contribution in [0.3, 0.4) is 0 Å². The van der Waals surface area contributed by atoms with Crippen LogP contribution in [0.2, 0.25) is 0 Å². The molecule has 1 aromatic carbocycles. The summed E-state index contributed by atoms with van der Waals surface area (Å²) in [4.78, 5) is 0. The highest BCUT2D eigenvalue weighted by molar-refractivity contribution is 5.45. The van der Waals surface area contributed by atoms with Crippen LogP contribution in [0, 0.1) is 11.8 Å². The van der Waals surface area contributed by atoms with Crippen molar-refractivity contribution in [3.05, 3.63) is 28.8 Å². The van der Waals surface area contributed by atoms with Crippen molar-refractivity contribution in [3.8, 4) is 5.75 Å². The first kappa shape index (κ1) is 15.1. The van der Waals surface area contributed by atoms with Crippen LogP contribution in [0.5, 0.6) is 5.75 Å². The molecule has 0 atom stereocenters. The summed E-state index contributed by atoms with van der Waals surface area (Å²) in [5.41, 5.74) is 3.58. The molecule has 1 aromatic rings. The summed E-state index contributed by atoms with van der Waals surface area (Å²) < 4.78 is 0. The minimum atomic E-state index is 0.378. The van der Waals surface area contributed by atoms with Gasteiger partial charge < -0.3 is 5.11 Å². The van der Waals surface area contributed by atoms with Crippen molar-refractivity contribution >= 4 is 0 Å². The van der Waals surface area contributed by atoms with E-state index in [4.69, 9.17) is 0 Å². The molecular formula is C17H28O. The van der Waals surface area contributed by atoms with Crippen molar-refractivity contribution in [3.63, 3.8) is 0 Å². The number of phenolic OH excluding ortho intramolecular Hbond substituents is 1. The third kappa shape index (κ3) is 4.04. The number of aromatic hydroxyl groups is 1. The van der Waals surface area contributed by atoms with E-state index in [2.05, 4.69) is 53.7 Å². The minimum absolute atomic E-state index is 0.378. The van der Waals surface area contributed by atoms with Gasteiger partial charge in [-0.2, -0.15) is 0 Å². The third-order valence-corrected chi connectivity index (χ3v) is 3.17. The summed E-state index contributed by atoms with van der Waals surface area (Å²) >= 11 is 0. The summed E-state index contributed by atoms with van der Waals surface area (Å²) in [6.45, 7) is 13.2. The summed E-state index contributed by atoms with van der Waals surface area (Å²) in [6.07, 6.45) is 2.04. The molecule has 1 rings (SSSR count). The Morgan fingerprint density at radius 1 is 0.889 bits per heavy atom. The standard InChI is InChI=1S/C17H28O/c1-11(2)7-14-9-15(8-12(3)4)17(18)16(10-14)13(5)6/h9-13,18H,7-8H2,1-6H3. The van der Waals surface area contributed by atoms with Crippen molar-refractivity contribution in [1.29, 1.82) is 0 Å².